The number of hydrogen-bond donors (Lipinski definition) is 1. The second-order valence-electron chi connectivity index (χ2n) is 6.51. The Hall–Kier alpha value is -1.76. The lowest BCUT2D eigenvalue weighted by molar-refractivity contribution is 0.0725. The minimum atomic E-state index is -3.93. The number of hydrogen-bond acceptors (Lipinski definition) is 3. The molecular formula is C19H20Cl2N2O3S. The Bertz CT molecular complexity index is 971. The zero-order valence-electron chi connectivity index (χ0n) is 14.8. The lowest BCUT2D eigenvalue weighted by Gasteiger charge is -2.27. The number of piperidine rings is 1. The minimum absolute atomic E-state index is 0.0614. The first-order valence-corrected chi connectivity index (χ1v) is 10.9. The van der Waals surface area contributed by atoms with Crippen LogP contribution in [0, 0.1) is 6.92 Å². The van der Waals surface area contributed by atoms with Crippen LogP contribution in [0.5, 0.6) is 0 Å². The molecule has 1 saturated heterocycles. The van der Waals surface area contributed by atoms with E-state index in [0.29, 0.717) is 28.7 Å². The zero-order chi connectivity index (χ0) is 19.6. The van der Waals surface area contributed by atoms with Gasteiger partial charge in [-0.25, -0.2) is 8.42 Å². The molecule has 2 aromatic carbocycles. The lowest BCUT2D eigenvalue weighted by Crippen LogP contribution is -2.36. The summed E-state index contributed by atoms with van der Waals surface area (Å²) < 4.78 is 28.3. The van der Waals surface area contributed by atoms with E-state index < -0.39 is 10.0 Å². The molecule has 1 aliphatic heterocycles. The van der Waals surface area contributed by atoms with Gasteiger partial charge in [0.15, 0.2) is 0 Å². The van der Waals surface area contributed by atoms with E-state index >= 15 is 0 Å². The molecule has 5 nitrogen and oxygen atoms in total. The summed E-state index contributed by atoms with van der Waals surface area (Å²) in [6.07, 6.45) is 2.99. The Morgan fingerprint density at radius 1 is 1.07 bits per heavy atom. The topological polar surface area (TPSA) is 66.5 Å². The molecule has 0 unspecified atom stereocenters. The molecule has 27 heavy (non-hydrogen) atoms. The molecule has 3 rings (SSSR count). The van der Waals surface area contributed by atoms with E-state index in [1.165, 1.54) is 12.1 Å². The van der Waals surface area contributed by atoms with Crippen molar-refractivity contribution in [3.63, 3.8) is 0 Å². The van der Waals surface area contributed by atoms with E-state index in [0.717, 1.165) is 19.3 Å². The van der Waals surface area contributed by atoms with Crippen LogP contribution in [0.2, 0.25) is 10.0 Å². The normalized spacial score (nSPS) is 14.9. The Labute approximate surface area is 169 Å². The number of benzene rings is 2. The maximum atomic E-state index is 12.9. The highest BCUT2D eigenvalue weighted by Gasteiger charge is 2.25. The van der Waals surface area contributed by atoms with Gasteiger partial charge in [0.1, 0.15) is 0 Å². The summed E-state index contributed by atoms with van der Waals surface area (Å²) in [5.74, 6) is -0.202. The molecular weight excluding hydrogens is 407 g/mol. The third-order valence-electron chi connectivity index (χ3n) is 4.61. The first-order chi connectivity index (χ1) is 12.8. The second kappa shape index (κ2) is 8.09. The lowest BCUT2D eigenvalue weighted by atomic mass is 10.1. The number of halogens is 2. The van der Waals surface area contributed by atoms with Crippen LogP contribution in [-0.4, -0.2) is 32.3 Å². The van der Waals surface area contributed by atoms with Crippen molar-refractivity contribution in [2.45, 2.75) is 31.1 Å². The summed E-state index contributed by atoms with van der Waals surface area (Å²) >= 11 is 12.1. The highest BCUT2D eigenvalue weighted by atomic mass is 35.5. The number of carbonyl (C=O) groups excluding carboxylic acids is 1. The molecule has 0 saturated carbocycles. The van der Waals surface area contributed by atoms with Gasteiger partial charge in [0.25, 0.3) is 15.9 Å². The van der Waals surface area contributed by atoms with Crippen LogP contribution < -0.4 is 4.72 Å². The van der Waals surface area contributed by atoms with Crippen LogP contribution in [0.1, 0.15) is 35.2 Å². The van der Waals surface area contributed by atoms with Crippen molar-refractivity contribution in [1.82, 2.24) is 4.90 Å². The molecule has 1 aliphatic rings. The minimum Gasteiger partial charge on any atom is -0.339 e. The van der Waals surface area contributed by atoms with E-state index in [4.69, 9.17) is 23.2 Å². The number of nitrogens with one attached hydrogen (secondary N) is 1. The van der Waals surface area contributed by atoms with Crippen molar-refractivity contribution < 1.29 is 13.2 Å². The third kappa shape index (κ3) is 4.39. The number of amides is 1. The molecule has 0 aromatic heterocycles. The largest absolute Gasteiger partial charge is 0.339 e. The van der Waals surface area contributed by atoms with Crippen LogP contribution in [-0.2, 0) is 10.0 Å². The standard InChI is InChI=1S/C19H20Cl2N2O3S/c1-13-16(21)6-5-7-18(13)27(25,26)22-17-12-14(20)8-9-15(17)19(24)23-10-3-2-4-11-23/h5-9,12,22H,2-4,10-11H2,1H3. The fraction of sp³-hybridized carbons (Fsp3) is 0.316. The highest BCUT2D eigenvalue weighted by molar-refractivity contribution is 7.92. The predicted molar refractivity (Wildman–Crippen MR) is 108 cm³/mol. The highest BCUT2D eigenvalue weighted by Crippen LogP contribution is 2.29. The number of rotatable bonds is 4. The Morgan fingerprint density at radius 2 is 1.78 bits per heavy atom. The van der Waals surface area contributed by atoms with Crippen LogP contribution in [0.4, 0.5) is 5.69 Å². The maximum Gasteiger partial charge on any atom is 0.262 e. The molecule has 0 aliphatic carbocycles. The van der Waals surface area contributed by atoms with E-state index in [-0.39, 0.29) is 22.1 Å². The average molecular weight is 427 g/mol. The first-order valence-electron chi connectivity index (χ1n) is 8.66. The van der Waals surface area contributed by atoms with Crippen LogP contribution in [0.25, 0.3) is 0 Å². The van der Waals surface area contributed by atoms with Gasteiger partial charge in [-0.05, 0) is 62.1 Å². The fourth-order valence-electron chi connectivity index (χ4n) is 3.13. The summed E-state index contributed by atoms with van der Waals surface area (Å²) in [6, 6.07) is 9.27. The molecule has 1 fully saturated rings. The monoisotopic (exact) mass is 426 g/mol. The second-order valence-corrected chi connectivity index (χ2v) is 9.01. The van der Waals surface area contributed by atoms with Crippen LogP contribution >= 0.6 is 23.2 Å². The molecule has 0 radical (unpaired) electrons. The van der Waals surface area contributed by atoms with Crippen LogP contribution in [0.3, 0.4) is 0 Å². The molecule has 1 amide bonds. The molecule has 1 heterocycles. The van der Waals surface area contributed by atoms with Gasteiger partial charge in [-0.3, -0.25) is 9.52 Å². The van der Waals surface area contributed by atoms with Crippen molar-refractivity contribution in [1.29, 1.82) is 0 Å². The number of nitrogens with zero attached hydrogens (tertiary/aromatic N) is 1. The Morgan fingerprint density at radius 3 is 2.48 bits per heavy atom. The average Bonchev–Trinajstić information content (AvgIpc) is 2.64. The van der Waals surface area contributed by atoms with Crippen molar-refractivity contribution >= 4 is 44.8 Å². The number of sulfonamides is 1. The Balaban J connectivity index is 1.97. The Kier molecular flexibility index (Phi) is 5.99. The van der Waals surface area contributed by atoms with Gasteiger partial charge >= 0.3 is 0 Å². The van der Waals surface area contributed by atoms with Gasteiger partial charge < -0.3 is 4.90 Å². The van der Waals surface area contributed by atoms with Crippen molar-refractivity contribution in [3.8, 4) is 0 Å². The van der Waals surface area contributed by atoms with Gasteiger partial charge in [0, 0.05) is 23.1 Å². The number of likely N-dealkylation sites (tertiary alicyclic amines) is 1. The SMILES string of the molecule is Cc1c(Cl)cccc1S(=O)(=O)Nc1cc(Cl)ccc1C(=O)N1CCCCC1. The van der Waals surface area contributed by atoms with E-state index in [9.17, 15) is 13.2 Å². The summed E-state index contributed by atoms with van der Waals surface area (Å²) in [4.78, 5) is 14.7. The first kappa shape index (κ1) is 20.0. The van der Waals surface area contributed by atoms with Crippen LogP contribution in [0.15, 0.2) is 41.3 Å². The summed E-state index contributed by atoms with van der Waals surface area (Å²) in [5, 5.41) is 0.694. The smallest absolute Gasteiger partial charge is 0.262 e. The third-order valence-corrected chi connectivity index (χ3v) is 6.76. The maximum absolute atomic E-state index is 12.9. The van der Waals surface area contributed by atoms with Gasteiger partial charge in [0.05, 0.1) is 16.1 Å². The molecule has 1 N–H and O–H groups in total. The molecule has 8 heteroatoms. The van der Waals surface area contributed by atoms with Crippen molar-refractivity contribution in [3.05, 3.63) is 57.6 Å². The summed E-state index contributed by atoms with van der Waals surface area (Å²) in [5.41, 5.74) is 0.889. The molecule has 0 atom stereocenters. The molecule has 144 valence electrons. The molecule has 0 bridgehead atoms. The van der Waals surface area contributed by atoms with Crippen molar-refractivity contribution in [2.75, 3.05) is 17.8 Å². The van der Waals surface area contributed by atoms with E-state index in [1.807, 2.05) is 0 Å². The summed E-state index contributed by atoms with van der Waals surface area (Å²) in [7, 11) is -3.93. The van der Waals surface area contributed by atoms with Gasteiger partial charge in [-0.15, -0.1) is 0 Å². The van der Waals surface area contributed by atoms with E-state index in [2.05, 4.69) is 4.72 Å². The van der Waals surface area contributed by atoms with E-state index in [1.54, 1.807) is 36.1 Å². The number of carbonyl (C=O) groups is 1. The van der Waals surface area contributed by atoms with Gasteiger partial charge in [0.2, 0.25) is 0 Å². The van der Waals surface area contributed by atoms with Gasteiger partial charge in [-0.2, -0.15) is 0 Å². The predicted octanol–water partition coefficient (Wildman–Crippen LogP) is 4.73. The summed E-state index contributed by atoms with van der Waals surface area (Å²) in [6.45, 7) is 2.97. The molecule has 0 spiro atoms. The fourth-order valence-corrected chi connectivity index (χ4v) is 4.88. The molecule has 2 aromatic rings. The zero-order valence-corrected chi connectivity index (χ0v) is 17.2. The number of anilines is 1. The van der Waals surface area contributed by atoms with Gasteiger partial charge in [-0.1, -0.05) is 29.3 Å². The quantitative estimate of drug-likeness (QED) is 0.767. The van der Waals surface area contributed by atoms with Crippen molar-refractivity contribution in [2.24, 2.45) is 0 Å².